The lowest BCUT2D eigenvalue weighted by atomic mass is 9.97. The number of rotatable bonds is 4. The van der Waals surface area contributed by atoms with E-state index in [9.17, 15) is 0 Å². The Morgan fingerprint density at radius 2 is 2.16 bits per heavy atom. The Hall–Kier alpha value is -1.39. The SMILES string of the molecule is COc1ccc(Br)cc1CC(N)c1ccncc1C. The summed E-state index contributed by atoms with van der Waals surface area (Å²) in [5.74, 6) is 0.866. The van der Waals surface area contributed by atoms with Crippen LogP contribution in [0.1, 0.15) is 22.7 Å². The van der Waals surface area contributed by atoms with Gasteiger partial charge in [-0.3, -0.25) is 4.98 Å². The fourth-order valence-electron chi connectivity index (χ4n) is 2.15. The van der Waals surface area contributed by atoms with Gasteiger partial charge in [0.1, 0.15) is 5.75 Å². The molecule has 19 heavy (non-hydrogen) atoms. The molecule has 0 saturated heterocycles. The van der Waals surface area contributed by atoms with Crippen LogP contribution in [0.2, 0.25) is 0 Å². The van der Waals surface area contributed by atoms with Crippen molar-refractivity contribution in [1.82, 2.24) is 4.98 Å². The number of nitrogens with zero attached hydrogens (tertiary/aromatic N) is 1. The molecule has 2 aromatic rings. The van der Waals surface area contributed by atoms with Crippen LogP contribution in [0.3, 0.4) is 0 Å². The minimum atomic E-state index is -0.0637. The third kappa shape index (κ3) is 3.33. The van der Waals surface area contributed by atoms with Crippen molar-refractivity contribution in [3.8, 4) is 5.75 Å². The van der Waals surface area contributed by atoms with Crippen LogP contribution in [0.4, 0.5) is 0 Å². The van der Waals surface area contributed by atoms with Crippen molar-refractivity contribution in [1.29, 1.82) is 0 Å². The van der Waals surface area contributed by atoms with Crippen LogP contribution in [-0.2, 0) is 6.42 Å². The summed E-state index contributed by atoms with van der Waals surface area (Å²) >= 11 is 3.48. The summed E-state index contributed by atoms with van der Waals surface area (Å²) in [6.45, 7) is 2.03. The summed E-state index contributed by atoms with van der Waals surface area (Å²) in [6.07, 6.45) is 4.35. The number of methoxy groups -OCH3 is 1. The second-order valence-corrected chi connectivity index (χ2v) is 5.41. The van der Waals surface area contributed by atoms with Crippen LogP contribution >= 0.6 is 15.9 Å². The van der Waals surface area contributed by atoms with Gasteiger partial charge in [-0.1, -0.05) is 15.9 Å². The van der Waals surface area contributed by atoms with Gasteiger partial charge in [0.2, 0.25) is 0 Å². The number of pyridine rings is 1. The molecule has 3 nitrogen and oxygen atoms in total. The van der Waals surface area contributed by atoms with E-state index in [0.717, 1.165) is 33.3 Å². The number of aryl methyl sites for hydroxylation is 1. The maximum absolute atomic E-state index is 6.30. The van der Waals surface area contributed by atoms with Gasteiger partial charge in [0.25, 0.3) is 0 Å². The molecule has 1 aromatic carbocycles. The van der Waals surface area contributed by atoms with Crippen molar-refractivity contribution >= 4 is 15.9 Å². The Morgan fingerprint density at radius 3 is 2.84 bits per heavy atom. The predicted molar refractivity (Wildman–Crippen MR) is 80.3 cm³/mol. The van der Waals surface area contributed by atoms with Gasteiger partial charge in [-0.25, -0.2) is 0 Å². The van der Waals surface area contributed by atoms with Crippen LogP contribution < -0.4 is 10.5 Å². The Balaban J connectivity index is 2.26. The number of ether oxygens (including phenoxy) is 1. The summed E-state index contributed by atoms with van der Waals surface area (Å²) < 4.78 is 6.41. The molecule has 0 aliphatic heterocycles. The van der Waals surface area contributed by atoms with E-state index in [1.807, 2.05) is 31.3 Å². The van der Waals surface area contributed by atoms with Crippen molar-refractivity contribution in [2.24, 2.45) is 5.73 Å². The third-order valence-corrected chi connectivity index (χ3v) is 3.64. The van der Waals surface area contributed by atoms with Crippen LogP contribution in [0, 0.1) is 6.92 Å². The quantitative estimate of drug-likeness (QED) is 0.939. The first-order chi connectivity index (χ1) is 9.11. The number of benzene rings is 1. The summed E-state index contributed by atoms with van der Waals surface area (Å²) in [4.78, 5) is 4.09. The standard InChI is InChI=1S/C15H17BrN2O/c1-10-9-18-6-5-13(10)14(17)8-11-7-12(16)3-4-15(11)19-2/h3-7,9,14H,8,17H2,1-2H3. The van der Waals surface area contributed by atoms with E-state index in [1.54, 1.807) is 13.3 Å². The number of nitrogens with two attached hydrogens (primary N) is 1. The van der Waals surface area contributed by atoms with Crippen molar-refractivity contribution in [3.05, 3.63) is 57.8 Å². The summed E-state index contributed by atoms with van der Waals surface area (Å²) in [6, 6.07) is 7.88. The zero-order valence-electron chi connectivity index (χ0n) is 11.1. The normalized spacial score (nSPS) is 12.2. The van der Waals surface area contributed by atoms with E-state index < -0.39 is 0 Å². The molecule has 0 amide bonds. The molecule has 1 atom stereocenters. The molecule has 2 N–H and O–H groups in total. The van der Waals surface area contributed by atoms with Gasteiger partial charge >= 0.3 is 0 Å². The molecule has 4 heteroatoms. The molecule has 1 unspecified atom stereocenters. The number of hydrogen-bond donors (Lipinski definition) is 1. The molecule has 1 heterocycles. The molecule has 0 aliphatic rings. The Kier molecular flexibility index (Phi) is 4.56. The first-order valence-corrected chi connectivity index (χ1v) is 6.89. The molecular weight excluding hydrogens is 304 g/mol. The lowest BCUT2D eigenvalue weighted by Gasteiger charge is -2.16. The smallest absolute Gasteiger partial charge is 0.122 e. The molecule has 100 valence electrons. The lowest BCUT2D eigenvalue weighted by Crippen LogP contribution is -2.15. The molecular formula is C15H17BrN2O. The van der Waals surface area contributed by atoms with E-state index in [4.69, 9.17) is 10.5 Å². The zero-order chi connectivity index (χ0) is 13.8. The molecule has 0 bridgehead atoms. The van der Waals surface area contributed by atoms with Crippen molar-refractivity contribution in [3.63, 3.8) is 0 Å². The number of aromatic nitrogens is 1. The average Bonchev–Trinajstić information content (AvgIpc) is 2.39. The molecule has 0 radical (unpaired) electrons. The highest BCUT2D eigenvalue weighted by Crippen LogP contribution is 2.27. The number of halogens is 1. The largest absolute Gasteiger partial charge is 0.496 e. The van der Waals surface area contributed by atoms with Crippen LogP contribution in [0.5, 0.6) is 5.75 Å². The molecule has 0 saturated carbocycles. The van der Waals surface area contributed by atoms with Crippen molar-refractivity contribution < 1.29 is 4.74 Å². The van der Waals surface area contributed by atoms with Gasteiger partial charge in [-0.05, 0) is 54.3 Å². The summed E-state index contributed by atoms with van der Waals surface area (Å²) in [7, 11) is 1.68. The molecule has 1 aromatic heterocycles. The maximum atomic E-state index is 6.30. The van der Waals surface area contributed by atoms with Gasteiger partial charge in [0.05, 0.1) is 7.11 Å². The van der Waals surface area contributed by atoms with E-state index >= 15 is 0 Å². The molecule has 0 spiro atoms. The number of hydrogen-bond acceptors (Lipinski definition) is 3. The first kappa shape index (κ1) is 14.0. The maximum Gasteiger partial charge on any atom is 0.122 e. The zero-order valence-corrected chi connectivity index (χ0v) is 12.6. The highest BCUT2D eigenvalue weighted by Gasteiger charge is 2.13. The van der Waals surface area contributed by atoms with Crippen LogP contribution in [0.25, 0.3) is 0 Å². The van der Waals surface area contributed by atoms with Gasteiger partial charge in [0, 0.05) is 22.9 Å². The molecule has 0 aliphatic carbocycles. The van der Waals surface area contributed by atoms with E-state index in [2.05, 4.69) is 27.0 Å². The fraction of sp³-hybridized carbons (Fsp3) is 0.267. The second kappa shape index (κ2) is 6.17. The first-order valence-electron chi connectivity index (χ1n) is 6.10. The van der Waals surface area contributed by atoms with Gasteiger partial charge < -0.3 is 10.5 Å². The molecule has 0 fully saturated rings. The summed E-state index contributed by atoms with van der Waals surface area (Å²) in [5, 5.41) is 0. The van der Waals surface area contributed by atoms with E-state index in [0.29, 0.717) is 0 Å². The van der Waals surface area contributed by atoms with Gasteiger partial charge in [-0.2, -0.15) is 0 Å². The van der Waals surface area contributed by atoms with Gasteiger partial charge in [-0.15, -0.1) is 0 Å². The second-order valence-electron chi connectivity index (χ2n) is 4.50. The van der Waals surface area contributed by atoms with E-state index in [1.165, 1.54) is 0 Å². The van der Waals surface area contributed by atoms with Crippen LogP contribution in [0.15, 0.2) is 41.1 Å². The third-order valence-electron chi connectivity index (χ3n) is 3.15. The minimum absolute atomic E-state index is 0.0637. The van der Waals surface area contributed by atoms with Crippen molar-refractivity contribution in [2.45, 2.75) is 19.4 Å². The Morgan fingerprint density at radius 1 is 1.37 bits per heavy atom. The molecule has 2 rings (SSSR count). The van der Waals surface area contributed by atoms with Crippen molar-refractivity contribution in [2.75, 3.05) is 7.11 Å². The fourth-order valence-corrected chi connectivity index (χ4v) is 2.56. The Bertz CT molecular complexity index is 572. The highest BCUT2D eigenvalue weighted by atomic mass is 79.9. The monoisotopic (exact) mass is 320 g/mol. The van der Waals surface area contributed by atoms with E-state index in [-0.39, 0.29) is 6.04 Å². The average molecular weight is 321 g/mol. The predicted octanol–water partition coefficient (Wildman–Crippen LogP) is 3.40. The van der Waals surface area contributed by atoms with Crippen LogP contribution in [-0.4, -0.2) is 12.1 Å². The van der Waals surface area contributed by atoms with Gasteiger partial charge in [0.15, 0.2) is 0 Å². The Labute approximate surface area is 121 Å². The highest BCUT2D eigenvalue weighted by molar-refractivity contribution is 9.10. The topological polar surface area (TPSA) is 48.1 Å². The minimum Gasteiger partial charge on any atom is -0.496 e. The lowest BCUT2D eigenvalue weighted by molar-refractivity contribution is 0.408. The summed E-state index contributed by atoms with van der Waals surface area (Å²) in [5.41, 5.74) is 9.64.